The molecule has 0 radical (unpaired) electrons. The Kier molecular flexibility index (Phi) is 3.61. The SMILES string of the molecule is COc1cc([C@@H]2CC(=O)OC3=C2C(=O)c2ccccc2C3=O)ccc1O. The third-order valence-electron chi connectivity index (χ3n) is 4.65. The first-order chi connectivity index (χ1) is 12.5. The van der Waals surface area contributed by atoms with E-state index in [9.17, 15) is 19.5 Å². The van der Waals surface area contributed by atoms with E-state index in [1.807, 2.05) is 0 Å². The minimum atomic E-state index is -0.648. The van der Waals surface area contributed by atoms with Gasteiger partial charge in [-0.15, -0.1) is 0 Å². The number of benzene rings is 2. The Morgan fingerprint density at radius 3 is 2.42 bits per heavy atom. The summed E-state index contributed by atoms with van der Waals surface area (Å²) < 4.78 is 10.3. The van der Waals surface area contributed by atoms with Gasteiger partial charge in [-0.1, -0.05) is 30.3 Å². The van der Waals surface area contributed by atoms with Crippen molar-refractivity contribution in [2.24, 2.45) is 0 Å². The highest BCUT2D eigenvalue weighted by Gasteiger charge is 2.42. The Labute approximate surface area is 148 Å². The molecular formula is C20H14O6. The van der Waals surface area contributed by atoms with Gasteiger partial charge in [-0.3, -0.25) is 14.4 Å². The molecule has 1 aliphatic carbocycles. The van der Waals surface area contributed by atoms with Crippen molar-refractivity contribution in [3.8, 4) is 11.5 Å². The zero-order chi connectivity index (χ0) is 18.4. The highest BCUT2D eigenvalue weighted by atomic mass is 16.5. The normalized spacial score (nSPS) is 19.0. The van der Waals surface area contributed by atoms with Crippen LogP contribution in [0.15, 0.2) is 53.8 Å². The number of fused-ring (bicyclic) bond motifs is 1. The second-order valence-corrected chi connectivity index (χ2v) is 6.11. The minimum Gasteiger partial charge on any atom is -0.504 e. The molecule has 0 amide bonds. The number of aromatic hydroxyl groups is 1. The van der Waals surface area contributed by atoms with Crippen LogP contribution in [-0.2, 0) is 9.53 Å². The van der Waals surface area contributed by atoms with Gasteiger partial charge in [0.15, 0.2) is 23.0 Å². The topological polar surface area (TPSA) is 89.9 Å². The predicted octanol–water partition coefficient (Wildman–Crippen LogP) is 2.76. The van der Waals surface area contributed by atoms with Gasteiger partial charge in [0, 0.05) is 17.0 Å². The van der Waals surface area contributed by atoms with Crippen molar-refractivity contribution in [2.45, 2.75) is 12.3 Å². The third kappa shape index (κ3) is 2.30. The average Bonchev–Trinajstić information content (AvgIpc) is 2.66. The summed E-state index contributed by atoms with van der Waals surface area (Å²) in [5.41, 5.74) is 1.28. The molecule has 2 aromatic carbocycles. The number of ketones is 2. The lowest BCUT2D eigenvalue weighted by Gasteiger charge is -2.30. The third-order valence-corrected chi connectivity index (χ3v) is 4.65. The minimum absolute atomic E-state index is 0.0553. The summed E-state index contributed by atoms with van der Waals surface area (Å²) in [6, 6.07) is 11.1. The van der Waals surface area contributed by atoms with Crippen LogP contribution in [0, 0.1) is 0 Å². The van der Waals surface area contributed by atoms with Crippen LogP contribution in [-0.4, -0.2) is 29.8 Å². The predicted molar refractivity (Wildman–Crippen MR) is 90.2 cm³/mol. The number of allylic oxidation sites excluding steroid dienone is 2. The van der Waals surface area contributed by atoms with Gasteiger partial charge in [0.2, 0.25) is 5.78 Å². The van der Waals surface area contributed by atoms with E-state index in [2.05, 4.69) is 0 Å². The number of phenolic OH excluding ortho intramolecular Hbond substituents is 1. The van der Waals surface area contributed by atoms with Crippen LogP contribution >= 0.6 is 0 Å². The van der Waals surface area contributed by atoms with E-state index >= 15 is 0 Å². The Balaban J connectivity index is 1.90. The second kappa shape index (κ2) is 5.84. The van der Waals surface area contributed by atoms with Gasteiger partial charge in [-0.2, -0.15) is 0 Å². The average molecular weight is 350 g/mol. The highest BCUT2D eigenvalue weighted by Crippen LogP contribution is 2.42. The number of phenols is 1. The van der Waals surface area contributed by atoms with Crippen LogP contribution in [0.4, 0.5) is 0 Å². The Hall–Kier alpha value is -3.41. The second-order valence-electron chi connectivity index (χ2n) is 6.11. The number of ether oxygens (including phenoxy) is 2. The van der Waals surface area contributed by atoms with Crippen molar-refractivity contribution in [1.29, 1.82) is 0 Å². The Morgan fingerprint density at radius 2 is 1.73 bits per heavy atom. The molecule has 0 bridgehead atoms. The highest BCUT2D eigenvalue weighted by molar-refractivity contribution is 6.27. The molecule has 2 aromatic rings. The number of hydrogen-bond donors (Lipinski definition) is 1. The first-order valence-corrected chi connectivity index (χ1v) is 8.01. The van der Waals surface area contributed by atoms with E-state index < -0.39 is 17.7 Å². The molecule has 1 heterocycles. The van der Waals surface area contributed by atoms with E-state index in [-0.39, 0.29) is 40.6 Å². The fourth-order valence-electron chi connectivity index (χ4n) is 3.41. The molecule has 130 valence electrons. The smallest absolute Gasteiger partial charge is 0.312 e. The van der Waals surface area contributed by atoms with Gasteiger partial charge in [0.1, 0.15) is 0 Å². The molecule has 6 heteroatoms. The van der Waals surface area contributed by atoms with Crippen molar-refractivity contribution < 1.29 is 29.0 Å². The lowest BCUT2D eigenvalue weighted by Crippen LogP contribution is -2.32. The van der Waals surface area contributed by atoms with Crippen LogP contribution in [0.25, 0.3) is 0 Å². The van der Waals surface area contributed by atoms with Crippen LogP contribution in [0.5, 0.6) is 11.5 Å². The van der Waals surface area contributed by atoms with Gasteiger partial charge in [0.25, 0.3) is 0 Å². The first kappa shape index (κ1) is 16.1. The largest absolute Gasteiger partial charge is 0.504 e. The maximum atomic E-state index is 13.0. The quantitative estimate of drug-likeness (QED) is 0.838. The van der Waals surface area contributed by atoms with Crippen molar-refractivity contribution in [3.05, 3.63) is 70.5 Å². The molecule has 0 spiro atoms. The molecule has 0 saturated carbocycles. The number of rotatable bonds is 2. The van der Waals surface area contributed by atoms with E-state index in [1.54, 1.807) is 36.4 Å². The molecule has 0 fully saturated rings. The van der Waals surface area contributed by atoms with Crippen molar-refractivity contribution in [3.63, 3.8) is 0 Å². The summed E-state index contributed by atoms with van der Waals surface area (Å²) in [5, 5.41) is 9.79. The fourth-order valence-corrected chi connectivity index (χ4v) is 3.41. The maximum Gasteiger partial charge on any atom is 0.312 e. The number of Topliss-reactive ketones (excluding diaryl/α,β-unsaturated/α-hetero) is 2. The van der Waals surface area contributed by atoms with Crippen LogP contribution in [0.2, 0.25) is 0 Å². The number of methoxy groups -OCH3 is 1. The molecule has 0 unspecified atom stereocenters. The van der Waals surface area contributed by atoms with Crippen LogP contribution in [0.3, 0.4) is 0 Å². The van der Waals surface area contributed by atoms with Gasteiger partial charge in [-0.05, 0) is 17.7 Å². The molecule has 2 aliphatic rings. The molecule has 6 nitrogen and oxygen atoms in total. The first-order valence-electron chi connectivity index (χ1n) is 8.01. The van der Waals surface area contributed by atoms with Gasteiger partial charge in [0.05, 0.1) is 19.1 Å². The summed E-state index contributed by atoms with van der Waals surface area (Å²) in [7, 11) is 1.41. The zero-order valence-electron chi connectivity index (χ0n) is 13.8. The molecule has 0 aromatic heterocycles. The van der Waals surface area contributed by atoms with Crippen molar-refractivity contribution in [1.82, 2.24) is 0 Å². The molecule has 26 heavy (non-hydrogen) atoms. The lowest BCUT2D eigenvalue weighted by molar-refractivity contribution is -0.140. The van der Waals surface area contributed by atoms with E-state index in [4.69, 9.17) is 9.47 Å². The van der Waals surface area contributed by atoms with Crippen molar-refractivity contribution in [2.75, 3.05) is 7.11 Å². The molecule has 1 N–H and O–H groups in total. The van der Waals surface area contributed by atoms with E-state index in [0.29, 0.717) is 11.1 Å². The number of hydrogen-bond acceptors (Lipinski definition) is 6. The molecule has 0 saturated heterocycles. The van der Waals surface area contributed by atoms with Crippen LogP contribution < -0.4 is 4.74 Å². The van der Waals surface area contributed by atoms with Gasteiger partial charge < -0.3 is 14.6 Å². The molecule has 4 rings (SSSR count). The van der Waals surface area contributed by atoms with Gasteiger partial charge in [-0.25, -0.2) is 0 Å². The monoisotopic (exact) mass is 350 g/mol. The zero-order valence-corrected chi connectivity index (χ0v) is 13.8. The number of carbonyl (C=O) groups excluding carboxylic acids is 3. The summed E-state index contributed by atoms with van der Waals surface area (Å²) in [6.45, 7) is 0. The molecular weight excluding hydrogens is 336 g/mol. The molecule has 1 atom stereocenters. The number of esters is 1. The maximum absolute atomic E-state index is 13.0. The Bertz CT molecular complexity index is 1000. The summed E-state index contributed by atoms with van der Waals surface area (Å²) in [4.78, 5) is 37.9. The van der Waals surface area contributed by atoms with E-state index in [0.717, 1.165) is 0 Å². The van der Waals surface area contributed by atoms with Gasteiger partial charge >= 0.3 is 5.97 Å². The molecule has 1 aliphatic heterocycles. The Morgan fingerprint density at radius 1 is 1.04 bits per heavy atom. The summed E-state index contributed by atoms with van der Waals surface area (Å²) in [5.74, 6) is -2.08. The standard InChI is InChI=1S/C20H14O6/c1-25-15-8-10(6-7-14(15)21)13-9-16(22)26-20-17(13)18(23)11-4-2-3-5-12(11)19(20)24/h2-8,13,21H,9H2,1H3/t13-/m0/s1. The lowest BCUT2D eigenvalue weighted by atomic mass is 9.77. The number of carbonyl (C=O) groups is 3. The van der Waals surface area contributed by atoms with Crippen LogP contribution in [0.1, 0.15) is 38.6 Å². The fraction of sp³-hybridized carbons (Fsp3) is 0.150. The summed E-state index contributed by atoms with van der Waals surface area (Å²) in [6.07, 6.45) is -0.0754. The van der Waals surface area contributed by atoms with Crippen molar-refractivity contribution >= 4 is 17.5 Å². The van der Waals surface area contributed by atoms with E-state index in [1.165, 1.54) is 13.2 Å². The summed E-state index contributed by atoms with van der Waals surface area (Å²) >= 11 is 0.